The van der Waals surface area contributed by atoms with Gasteiger partial charge in [0.05, 0.1) is 13.2 Å². The summed E-state index contributed by atoms with van der Waals surface area (Å²) in [6.07, 6.45) is 0.273. The number of benzene rings is 1. The van der Waals surface area contributed by atoms with Gasteiger partial charge in [0.1, 0.15) is 18.0 Å². The smallest absolute Gasteiger partial charge is 0.218 e. The van der Waals surface area contributed by atoms with Gasteiger partial charge in [0, 0.05) is 26.1 Å². The normalized spacial score (nSPS) is 23.0. The lowest BCUT2D eigenvalue weighted by molar-refractivity contribution is -0.118. The number of nitrogens with two attached hydrogens (primary N) is 1. The van der Waals surface area contributed by atoms with Gasteiger partial charge in [-0.1, -0.05) is 18.2 Å². The lowest BCUT2D eigenvalue weighted by atomic mass is 10.1. The van der Waals surface area contributed by atoms with Gasteiger partial charge in [-0.2, -0.15) is 0 Å². The summed E-state index contributed by atoms with van der Waals surface area (Å²) in [5.41, 5.74) is 5.10. The van der Waals surface area contributed by atoms with E-state index >= 15 is 0 Å². The van der Waals surface area contributed by atoms with E-state index in [9.17, 15) is 9.90 Å². The van der Waals surface area contributed by atoms with Crippen LogP contribution >= 0.6 is 0 Å². The van der Waals surface area contributed by atoms with Crippen LogP contribution in [-0.2, 0) is 9.53 Å². The highest BCUT2D eigenvalue weighted by atomic mass is 16.5. The molecule has 0 bridgehead atoms. The van der Waals surface area contributed by atoms with Gasteiger partial charge in [-0.05, 0) is 18.6 Å². The van der Waals surface area contributed by atoms with Crippen LogP contribution in [0.5, 0.6) is 5.75 Å². The van der Waals surface area contributed by atoms with E-state index in [1.165, 1.54) is 0 Å². The fraction of sp³-hybridized carbons (Fsp3) is 0.562. The number of primary amides is 1. The van der Waals surface area contributed by atoms with Crippen molar-refractivity contribution in [2.24, 2.45) is 5.73 Å². The minimum Gasteiger partial charge on any atom is -0.490 e. The van der Waals surface area contributed by atoms with Crippen molar-refractivity contribution in [3.8, 4) is 5.75 Å². The molecule has 1 saturated heterocycles. The van der Waals surface area contributed by atoms with Gasteiger partial charge in [0.2, 0.25) is 5.91 Å². The summed E-state index contributed by atoms with van der Waals surface area (Å²) in [7, 11) is 0. The Hall–Kier alpha value is -1.63. The monoisotopic (exact) mass is 308 g/mol. The molecule has 0 saturated carbocycles. The Kier molecular flexibility index (Phi) is 5.76. The van der Waals surface area contributed by atoms with E-state index in [1.807, 2.05) is 36.1 Å². The molecular weight excluding hydrogens is 284 g/mol. The zero-order chi connectivity index (χ0) is 16.0. The maximum absolute atomic E-state index is 10.9. The molecule has 0 aliphatic carbocycles. The maximum atomic E-state index is 10.9. The largest absolute Gasteiger partial charge is 0.490 e. The van der Waals surface area contributed by atoms with Crippen molar-refractivity contribution < 1.29 is 19.4 Å². The highest BCUT2D eigenvalue weighted by molar-refractivity contribution is 5.73. The number of ether oxygens (including phenoxy) is 2. The second-order valence-corrected chi connectivity index (χ2v) is 5.82. The predicted octanol–water partition coefficient (Wildman–Crippen LogP) is 0.313. The number of β-amino-alcohol motifs (C(OH)–C–C–N with tert-alkyl or cyclic N) is 1. The van der Waals surface area contributed by atoms with Crippen molar-refractivity contribution in [3.05, 3.63) is 29.8 Å². The Bertz CT molecular complexity index is 509. The Morgan fingerprint density at radius 3 is 3.00 bits per heavy atom. The zero-order valence-corrected chi connectivity index (χ0v) is 13.0. The Balaban J connectivity index is 1.94. The van der Waals surface area contributed by atoms with E-state index in [1.54, 1.807) is 0 Å². The van der Waals surface area contributed by atoms with Gasteiger partial charge in [0.15, 0.2) is 0 Å². The molecule has 0 radical (unpaired) electrons. The first-order chi connectivity index (χ1) is 10.5. The van der Waals surface area contributed by atoms with Gasteiger partial charge >= 0.3 is 0 Å². The van der Waals surface area contributed by atoms with Crippen LogP contribution in [0.15, 0.2) is 24.3 Å². The summed E-state index contributed by atoms with van der Waals surface area (Å²) >= 11 is 0. The fourth-order valence-electron chi connectivity index (χ4n) is 2.47. The van der Waals surface area contributed by atoms with E-state index in [-0.39, 0.29) is 25.5 Å². The molecule has 1 aliphatic rings. The number of hydrogen-bond acceptors (Lipinski definition) is 5. The number of carbonyl (C=O) groups is 1. The first-order valence-corrected chi connectivity index (χ1v) is 7.48. The number of para-hydroxylation sites is 1. The van der Waals surface area contributed by atoms with Crippen LogP contribution in [0.3, 0.4) is 0 Å². The van der Waals surface area contributed by atoms with Gasteiger partial charge in [-0.3, -0.25) is 9.69 Å². The van der Waals surface area contributed by atoms with Crippen LogP contribution in [0.25, 0.3) is 0 Å². The first-order valence-electron chi connectivity index (χ1n) is 7.48. The van der Waals surface area contributed by atoms with Crippen LogP contribution in [-0.4, -0.2) is 61.0 Å². The fourth-order valence-corrected chi connectivity index (χ4v) is 2.47. The van der Waals surface area contributed by atoms with Crippen molar-refractivity contribution in [3.63, 3.8) is 0 Å². The van der Waals surface area contributed by atoms with E-state index in [4.69, 9.17) is 15.2 Å². The van der Waals surface area contributed by atoms with Gasteiger partial charge in [-0.25, -0.2) is 0 Å². The lowest BCUT2D eigenvalue weighted by Gasteiger charge is -2.30. The van der Waals surface area contributed by atoms with Crippen LogP contribution in [0.2, 0.25) is 0 Å². The van der Waals surface area contributed by atoms with Gasteiger partial charge in [-0.15, -0.1) is 0 Å². The van der Waals surface area contributed by atoms with Crippen molar-refractivity contribution >= 4 is 5.91 Å². The number of aryl methyl sites for hydroxylation is 1. The zero-order valence-electron chi connectivity index (χ0n) is 13.0. The summed E-state index contributed by atoms with van der Waals surface area (Å²) in [5, 5.41) is 10.7. The molecule has 1 fully saturated rings. The van der Waals surface area contributed by atoms with Gasteiger partial charge < -0.3 is 20.3 Å². The molecule has 1 amide bonds. The van der Waals surface area contributed by atoms with Crippen LogP contribution in [0.4, 0.5) is 0 Å². The number of aliphatic hydroxyl groups is 1. The molecule has 6 heteroatoms. The molecule has 0 aromatic heterocycles. The molecule has 3 N–H and O–H groups in total. The minimum absolute atomic E-state index is 0.144. The summed E-state index contributed by atoms with van der Waals surface area (Å²) in [5.74, 6) is 0.411. The number of amides is 1. The third kappa shape index (κ3) is 4.98. The van der Waals surface area contributed by atoms with Gasteiger partial charge in [0.25, 0.3) is 0 Å². The Morgan fingerprint density at radius 1 is 1.50 bits per heavy atom. The average molecular weight is 308 g/mol. The molecule has 122 valence electrons. The first kappa shape index (κ1) is 16.7. The third-order valence-electron chi connectivity index (χ3n) is 3.70. The summed E-state index contributed by atoms with van der Waals surface area (Å²) < 4.78 is 11.2. The molecule has 2 rings (SSSR count). The topological polar surface area (TPSA) is 85.0 Å². The summed E-state index contributed by atoms with van der Waals surface area (Å²) in [4.78, 5) is 12.9. The van der Waals surface area contributed by atoms with E-state index in [2.05, 4.69) is 0 Å². The molecular formula is C16H24N2O4. The number of nitrogens with zero attached hydrogens (tertiary/aromatic N) is 1. The molecule has 1 aromatic carbocycles. The SMILES string of the molecule is Cc1ccccc1OC[C@@]1(O)COCCN(CCC(N)=O)C1. The molecule has 1 aliphatic heterocycles. The quantitative estimate of drug-likeness (QED) is 0.790. The van der Waals surface area contributed by atoms with Crippen LogP contribution < -0.4 is 10.5 Å². The minimum atomic E-state index is -1.10. The standard InChI is InChI=1S/C16H24N2O4/c1-13-4-2-3-5-14(13)22-12-16(20)10-18(7-6-15(17)19)8-9-21-11-16/h2-5,20H,6-12H2,1H3,(H2,17,19)/t16-/m0/s1. The molecule has 0 unspecified atom stereocenters. The van der Waals surface area contributed by atoms with Crippen LogP contribution in [0.1, 0.15) is 12.0 Å². The highest BCUT2D eigenvalue weighted by Crippen LogP contribution is 2.20. The molecule has 22 heavy (non-hydrogen) atoms. The number of hydrogen-bond donors (Lipinski definition) is 2. The lowest BCUT2D eigenvalue weighted by Crippen LogP contribution is -2.49. The van der Waals surface area contributed by atoms with Crippen LogP contribution in [0, 0.1) is 6.92 Å². The highest BCUT2D eigenvalue weighted by Gasteiger charge is 2.33. The molecule has 1 atom stereocenters. The second-order valence-electron chi connectivity index (χ2n) is 5.82. The molecule has 1 aromatic rings. The van der Waals surface area contributed by atoms with Crippen molar-refractivity contribution in [2.45, 2.75) is 18.9 Å². The van der Waals surface area contributed by atoms with E-state index in [0.29, 0.717) is 26.2 Å². The predicted molar refractivity (Wildman–Crippen MR) is 82.7 cm³/mol. The summed E-state index contributed by atoms with van der Waals surface area (Å²) in [6, 6.07) is 7.68. The third-order valence-corrected chi connectivity index (χ3v) is 3.70. The summed E-state index contributed by atoms with van der Waals surface area (Å²) in [6.45, 7) is 4.42. The van der Waals surface area contributed by atoms with Crippen molar-refractivity contribution in [1.29, 1.82) is 0 Å². The average Bonchev–Trinajstić information content (AvgIpc) is 2.66. The number of rotatable bonds is 6. The Morgan fingerprint density at radius 2 is 2.27 bits per heavy atom. The van der Waals surface area contributed by atoms with Crippen molar-refractivity contribution in [2.75, 3.05) is 39.5 Å². The molecule has 0 spiro atoms. The molecule has 6 nitrogen and oxygen atoms in total. The number of carbonyl (C=O) groups excluding carboxylic acids is 1. The van der Waals surface area contributed by atoms with E-state index < -0.39 is 5.60 Å². The van der Waals surface area contributed by atoms with Crippen molar-refractivity contribution in [1.82, 2.24) is 4.90 Å². The Labute approximate surface area is 130 Å². The van der Waals surface area contributed by atoms with E-state index in [0.717, 1.165) is 11.3 Å². The second kappa shape index (κ2) is 7.58. The molecule has 1 heterocycles. The maximum Gasteiger partial charge on any atom is 0.218 e.